The molecular weight excluding hydrogens is 384 g/mol. The minimum absolute atomic E-state index is 0.0273. The fourth-order valence-corrected chi connectivity index (χ4v) is 4.91. The lowest BCUT2D eigenvalue weighted by molar-refractivity contribution is -0.117. The number of sulfonamides is 1. The van der Waals surface area contributed by atoms with Crippen molar-refractivity contribution >= 4 is 39.1 Å². The second kappa shape index (κ2) is 8.22. The maximum Gasteiger partial charge on any atom is 0.262 e. The highest BCUT2D eigenvalue weighted by molar-refractivity contribution is 7.99. The van der Waals surface area contributed by atoms with Crippen LogP contribution in [0, 0.1) is 0 Å². The Morgan fingerprint density at radius 2 is 2.00 bits per heavy atom. The highest BCUT2D eigenvalue weighted by Gasteiger charge is 2.26. The second-order valence-corrected chi connectivity index (χ2v) is 9.01. The van der Waals surface area contributed by atoms with Gasteiger partial charge in [0.1, 0.15) is 5.75 Å². The zero-order valence-corrected chi connectivity index (χ0v) is 16.9. The van der Waals surface area contributed by atoms with Gasteiger partial charge in [-0.3, -0.25) is 9.52 Å². The Balaban J connectivity index is 1.96. The van der Waals surface area contributed by atoms with E-state index in [-0.39, 0.29) is 10.8 Å². The number of ether oxygens (including phenoxy) is 1. The van der Waals surface area contributed by atoms with Gasteiger partial charge in [-0.25, -0.2) is 8.42 Å². The molecule has 0 aliphatic carbocycles. The molecule has 0 saturated carbocycles. The van der Waals surface area contributed by atoms with E-state index in [0.29, 0.717) is 30.1 Å². The molecular formula is C19H22N2O4S2. The molecule has 1 aliphatic heterocycles. The zero-order chi connectivity index (χ0) is 19.4. The summed E-state index contributed by atoms with van der Waals surface area (Å²) < 4.78 is 33.9. The maximum absolute atomic E-state index is 12.9. The van der Waals surface area contributed by atoms with Gasteiger partial charge in [0.2, 0.25) is 5.91 Å². The SMILES string of the molecule is CCSc1ccccc1NS(=O)(=O)c1ccc(OC)c(N2CCCC2=O)c1. The van der Waals surface area contributed by atoms with Crippen LogP contribution in [-0.4, -0.2) is 33.7 Å². The number of thioether (sulfide) groups is 1. The number of carbonyl (C=O) groups is 1. The summed E-state index contributed by atoms with van der Waals surface area (Å²) in [5.74, 6) is 1.29. The van der Waals surface area contributed by atoms with Gasteiger partial charge in [-0.05, 0) is 42.5 Å². The average molecular weight is 407 g/mol. The third-order valence-corrected chi connectivity index (χ3v) is 6.57. The second-order valence-electron chi connectivity index (χ2n) is 6.02. The average Bonchev–Trinajstić information content (AvgIpc) is 3.08. The van der Waals surface area contributed by atoms with Crippen molar-refractivity contribution in [1.29, 1.82) is 0 Å². The highest BCUT2D eigenvalue weighted by Crippen LogP contribution is 2.35. The summed E-state index contributed by atoms with van der Waals surface area (Å²) in [6, 6.07) is 11.9. The van der Waals surface area contributed by atoms with E-state index in [1.165, 1.54) is 19.2 Å². The maximum atomic E-state index is 12.9. The van der Waals surface area contributed by atoms with Crippen LogP contribution in [0.5, 0.6) is 5.75 Å². The van der Waals surface area contributed by atoms with E-state index in [9.17, 15) is 13.2 Å². The van der Waals surface area contributed by atoms with Crippen LogP contribution in [0.2, 0.25) is 0 Å². The summed E-state index contributed by atoms with van der Waals surface area (Å²) in [6.07, 6.45) is 1.21. The van der Waals surface area contributed by atoms with Crippen LogP contribution in [0.25, 0.3) is 0 Å². The number of nitrogens with one attached hydrogen (secondary N) is 1. The molecule has 1 aliphatic rings. The van der Waals surface area contributed by atoms with Crippen LogP contribution in [0.4, 0.5) is 11.4 Å². The topological polar surface area (TPSA) is 75.7 Å². The Hall–Kier alpha value is -2.19. The monoisotopic (exact) mass is 406 g/mol. The third kappa shape index (κ3) is 4.22. The Labute approximate surface area is 164 Å². The van der Waals surface area contributed by atoms with Gasteiger partial charge in [-0.1, -0.05) is 19.1 Å². The first-order valence-electron chi connectivity index (χ1n) is 8.69. The Morgan fingerprint density at radius 1 is 1.22 bits per heavy atom. The van der Waals surface area contributed by atoms with Gasteiger partial charge in [0.15, 0.2) is 0 Å². The molecule has 0 atom stereocenters. The molecule has 2 aromatic carbocycles. The molecule has 0 radical (unpaired) electrons. The van der Waals surface area contributed by atoms with Gasteiger partial charge >= 0.3 is 0 Å². The van der Waals surface area contributed by atoms with E-state index in [2.05, 4.69) is 4.72 Å². The first kappa shape index (κ1) is 19.6. The fraction of sp³-hybridized carbons (Fsp3) is 0.316. The van der Waals surface area contributed by atoms with Gasteiger partial charge in [0.25, 0.3) is 10.0 Å². The molecule has 1 heterocycles. The summed E-state index contributed by atoms with van der Waals surface area (Å²) in [4.78, 5) is 14.7. The number of para-hydroxylation sites is 1. The number of anilines is 2. The van der Waals surface area contributed by atoms with Gasteiger partial charge in [0.05, 0.1) is 23.4 Å². The Morgan fingerprint density at radius 3 is 2.67 bits per heavy atom. The number of hydrogen-bond donors (Lipinski definition) is 1. The number of rotatable bonds is 7. The lowest BCUT2D eigenvalue weighted by Crippen LogP contribution is -2.25. The Kier molecular flexibility index (Phi) is 5.96. The fourth-order valence-electron chi connectivity index (χ4n) is 2.99. The van der Waals surface area contributed by atoms with Crippen molar-refractivity contribution < 1.29 is 17.9 Å². The Bertz CT molecular complexity index is 944. The van der Waals surface area contributed by atoms with Crippen molar-refractivity contribution in [3.63, 3.8) is 0 Å². The molecule has 8 heteroatoms. The molecule has 1 amide bonds. The molecule has 144 valence electrons. The molecule has 1 saturated heterocycles. The normalized spacial score (nSPS) is 14.4. The molecule has 6 nitrogen and oxygen atoms in total. The third-order valence-electron chi connectivity index (χ3n) is 4.26. The first-order chi connectivity index (χ1) is 13.0. The van der Waals surface area contributed by atoms with Crippen molar-refractivity contribution in [3.8, 4) is 5.75 Å². The molecule has 1 N–H and O–H groups in total. The molecule has 27 heavy (non-hydrogen) atoms. The van der Waals surface area contributed by atoms with Gasteiger partial charge < -0.3 is 9.64 Å². The van der Waals surface area contributed by atoms with Crippen LogP contribution < -0.4 is 14.4 Å². The van der Waals surface area contributed by atoms with Crippen LogP contribution in [-0.2, 0) is 14.8 Å². The smallest absolute Gasteiger partial charge is 0.262 e. The van der Waals surface area contributed by atoms with Gasteiger partial charge in [-0.2, -0.15) is 0 Å². The molecule has 0 unspecified atom stereocenters. The zero-order valence-electron chi connectivity index (χ0n) is 15.3. The standard InChI is InChI=1S/C19H22N2O4S2/c1-3-26-18-8-5-4-7-15(18)20-27(23,24)14-10-11-17(25-2)16(13-14)21-12-6-9-19(21)22/h4-5,7-8,10-11,13,20H,3,6,9,12H2,1-2H3. The minimum atomic E-state index is -3.81. The molecule has 0 spiro atoms. The van der Waals surface area contributed by atoms with Crippen LogP contribution >= 0.6 is 11.8 Å². The molecule has 0 aromatic heterocycles. The van der Waals surface area contributed by atoms with Crippen molar-refractivity contribution in [2.45, 2.75) is 29.6 Å². The lowest BCUT2D eigenvalue weighted by atomic mass is 10.2. The molecule has 2 aromatic rings. The first-order valence-corrected chi connectivity index (χ1v) is 11.2. The summed E-state index contributed by atoms with van der Waals surface area (Å²) in [5.41, 5.74) is 1.03. The number of benzene rings is 2. The van der Waals surface area contributed by atoms with Crippen molar-refractivity contribution in [2.75, 3.05) is 29.0 Å². The predicted octanol–water partition coefficient (Wildman–Crippen LogP) is 3.73. The minimum Gasteiger partial charge on any atom is -0.495 e. The van der Waals surface area contributed by atoms with E-state index in [1.54, 1.807) is 34.9 Å². The number of hydrogen-bond acceptors (Lipinski definition) is 5. The van der Waals surface area contributed by atoms with Crippen LogP contribution in [0.1, 0.15) is 19.8 Å². The van der Waals surface area contributed by atoms with Gasteiger partial charge in [-0.15, -0.1) is 11.8 Å². The quantitative estimate of drug-likeness (QED) is 0.709. The van der Waals surface area contributed by atoms with Crippen molar-refractivity contribution in [3.05, 3.63) is 42.5 Å². The van der Waals surface area contributed by atoms with E-state index < -0.39 is 10.0 Å². The van der Waals surface area contributed by atoms with Crippen molar-refractivity contribution in [2.24, 2.45) is 0 Å². The van der Waals surface area contributed by atoms with Crippen molar-refractivity contribution in [1.82, 2.24) is 0 Å². The molecule has 3 rings (SSSR count). The van der Waals surface area contributed by atoms with E-state index >= 15 is 0 Å². The number of carbonyl (C=O) groups excluding carboxylic acids is 1. The highest BCUT2D eigenvalue weighted by atomic mass is 32.2. The number of amides is 1. The number of nitrogens with zero attached hydrogens (tertiary/aromatic N) is 1. The molecule has 1 fully saturated rings. The largest absolute Gasteiger partial charge is 0.495 e. The molecule has 0 bridgehead atoms. The van der Waals surface area contributed by atoms with E-state index in [1.807, 2.05) is 19.1 Å². The lowest BCUT2D eigenvalue weighted by Gasteiger charge is -2.20. The summed E-state index contributed by atoms with van der Waals surface area (Å²) >= 11 is 1.57. The predicted molar refractivity (Wildman–Crippen MR) is 108 cm³/mol. The summed E-state index contributed by atoms with van der Waals surface area (Å²) in [6.45, 7) is 2.57. The van der Waals surface area contributed by atoms with E-state index in [4.69, 9.17) is 4.74 Å². The van der Waals surface area contributed by atoms with E-state index in [0.717, 1.165) is 17.1 Å². The van der Waals surface area contributed by atoms with Crippen LogP contribution in [0.15, 0.2) is 52.3 Å². The summed E-state index contributed by atoms with van der Waals surface area (Å²) in [5, 5.41) is 0. The van der Waals surface area contributed by atoms with Crippen LogP contribution in [0.3, 0.4) is 0 Å². The number of methoxy groups -OCH3 is 1. The van der Waals surface area contributed by atoms with Gasteiger partial charge in [0, 0.05) is 17.9 Å². The summed E-state index contributed by atoms with van der Waals surface area (Å²) in [7, 11) is -2.30.